The molecule has 19 heavy (non-hydrogen) atoms. The van der Waals surface area contributed by atoms with Gasteiger partial charge >= 0.3 is 6.18 Å². The van der Waals surface area contributed by atoms with Crippen molar-refractivity contribution < 1.29 is 17.9 Å². The zero-order valence-corrected chi connectivity index (χ0v) is 11.0. The molecule has 108 valence electrons. The summed E-state index contributed by atoms with van der Waals surface area (Å²) in [5.41, 5.74) is 8.22. The molecule has 0 amide bonds. The van der Waals surface area contributed by atoms with Gasteiger partial charge in [0.2, 0.25) is 0 Å². The Labute approximate surface area is 111 Å². The minimum absolute atomic E-state index is 0.0354. The Morgan fingerprint density at radius 3 is 2.26 bits per heavy atom. The molecule has 0 saturated carbocycles. The van der Waals surface area contributed by atoms with Crippen LogP contribution in [0.3, 0.4) is 0 Å². The van der Waals surface area contributed by atoms with Crippen LogP contribution in [0.5, 0.6) is 0 Å². The first-order valence-electron chi connectivity index (χ1n) is 6.38. The van der Waals surface area contributed by atoms with Crippen molar-refractivity contribution in [2.75, 3.05) is 13.2 Å². The summed E-state index contributed by atoms with van der Waals surface area (Å²) < 4.78 is 40.1. The van der Waals surface area contributed by atoms with E-state index in [-0.39, 0.29) is 12.6 Å². The minimum atomic E-state index is -4.26. The Morgan fingerprint density at radius 2 is 1.74 bits per heavy atom. The lowest BCUT2D eigenvalue weighted by Gasteiger charge is -2.13. The van der Waals surface area contributed by atoms with Gasteiger partial charge in [0.1, 0.15) is 6.61 Å². The molecule has 1 aromatic rings. The summed E-state index contributed by atoms with van der Waals surface area (Å²) in [7, 11) is 0. The van der Waals surface area contributed by atoms with E-state index in [0.29, 0.717) is 12.8 Å². The van der Waals surface area contributed by atoms with Gasteiger partial charge in [-0.3, -0.25) is 0 Å². The highest BCUT2D eigenvalue weighted by Crippen LogP contribution is 2.14. The number of halogens is 3. The number of hydrogen-bond donors (Lipinski definition) is 1. The van der Waals surface area contributed by atoms with E-state index in [4.69, 9.17) is 5.73 Å². The zero-order valence-electron chi connectivity index (χ0n) is 11.0. The standard InChI is InChI=1S/C14H20F3NO/c1-2-11-3-5-12(6-4-11)9-13(18)7-8-19-10-14(15,16)17/h3-6,13H,2,7-10,18H2,1H3. The Bertz CT molecular complexity index is 362. The maximum absolute atomic E-state index is 11.8. The van der Waals surface area contributed by atoms with E-state index < -0.39 is 12.8 Å². The molecule has 0 aromatic heterocycles. The van der Waals surface area contributed by atoms with Gasteiger partial charge < -0.3 is 10.5 Å². The SMILES string of the molecule is CCc1ccc(CC(N)CCOCC(F)(F)F)cc1. The lowest BCUT2D eigenvalue weighted by atomic mass is 10.0. The van der Waals surface area contributed by atoms with Gasteiger partial charge in [-0.15, -0.1) is 0 Å². The van der Waals surface area contributed by atoms with Gasteiger partial charge in [0, 0.05) is 12.6 Å². The number of rotatable bonds is 7. The second-order valence-electron chi connectivity index (χ2n) is 4.59. The Hall–Kier alpha value is -1.07. The van der Waals surface area contributed by atoms with Crippen LogP contribution in [0.2, 0.25) is 0 Å². The average molecular weight is 275 g/mol. The molecule has 1 rings (SSSR count). The van der Waals surface area contributed by atoms with Crippen molar-refractivity contribution in [1.29, 1.82) is 0 Å². The highest BCUT2D eigenvalue weighted by atomic mass is 19.4. The molecule has 0 saturated heterocycles. The summed E-state index contributed by atoms with van der Waals surface area (Å²) in [5.74, 6) is 0. The Balaban J connectivity index is 2.24. The fourth-order valence-electron chi connectivity index (χ4n) is 1.74. The molecule has 0 fully saturated rings. The monoisotopic (exact) mass is 275 g/mol. The number of hydrogen-bond acceptors (Lipinski definition) is 2. The van der Waals surface area contributed by atoms with Crippen molar-refractivity contribution >= 4 is 0 Å². The van der Waals surface area contributed by atoms with Gasteiger partial charge in [0.25, 0.3) is 0 Å². The van der Waals surface area contributed by atoms with Crippen LogP contribution in [0.15, 0.2) is 24.3 Å². The van der Waals surface area contributed by atoms with E-state index >= 15 is 0 Å². The van der Waals surface area contributed by atoms with Gasteiger partial charge in [0.15, 0.2) is 0 Å². The predicted octanol–water partition coefficient (Wildman–Crippen LogP) is 3.09. The molecule has 0 heterocycles. The van der Waals surface area contributed by atoms with Crippen LogP contribution >= 0.6 is 0 Å². The molecule has 2 N–H and O–H groups in total. The largest absolute Gasteiger partial charge is 0.411 e. The van der Waals surface area contributed by atoms with Crippen LogP contribution in [-0.2, 0) is 17.6 Å². The molecule has 0 aliphatic rings. The molecule has 2 nitrogen and oxygen atoms in total. The van der Waals surface area contributed by atoms with E-state index in [9.17, 15) is 13.2 Å². The van der Waals surface area contributed by atoms with Crippen LogP contribution in [0.1, 0.15) is 24.5 Å². The summed E-state index contributed by atoms with van der Waals surface area (Å²) in [6.07, 6.45) is -2.21. The molecule has 5 heteroatoms. The predicted molar refractivity (Wildman–Crippen MR) is 69.0 cm³/mol. The second-order valence-corrected chi connectivity index (χ2v) is 4.59. The molecule has 0 aliphatic heterocycles. The number of aryl methyl sites for hydroxylation is 1. The maximum Gasteiger partial charge on any atom is 0.411 e. The molecule has 0 aliphatic carbocycles. The molecule has 1 atom stereocenters. The lowest BCUT2D eigenvalue weighted by Crippen LogP contribution is -2.26. The molecule has 0 bridgehead atoms. The third-order valence-corrected chi connectivity index (χ3v) is 2.83. The number of alkyl halides is 3. The smallest absolute Gasteiger partial charge is 0.372 e. The number of nitrogens with two attached hydrogens (primary N) is 1. The maximum atomic E-state index is 11.8. The topological polar surface area (TPSA) is 35.2 Å². The van der Waals surface area contributed by atoms with Gasteiger partial charge in [-0.05, 0) is 30.4 Å². The first-order chi connectivity index (χ1) is 8.90. The third kappa shape index (κ3) is 7.18. The van der Waals surface area contributed by atoms with E-state index in [1.807, 2.05) is 24.3 Å². The summed E-state index contributed by atoms with van der Waals surface area (Å²) >= 11 is 0. The van der Waals surface area contributed by atoms with Crippen molar-refractivity contribution in [2.24, 2.45) is 5.73 Å². The van der Waals surface area contributed by atoms with Crippen molar-refractivity contribution in [2.45, 2.75) is 38.4 Å². The summed E-state index contributed by atoms with van der Waals surface area (Å²) in [6.45, 7) is 0.914. The number of benzene rings is 1. The normalized spacial score (nSPS) is 13.5. The summed E-state index contributed by atoms with van der Waals surface area (Å²) in [5, 5.41) is 0. The molecule has 0 radical (unpaired) electrons. The molecule has 1 unspecified atom stereocenters. The van der Waals surface area contributed by atoms with E-state index in [0.717, 1.165) is 12.0 Å². The highest BCUT2D eigenvalue weighted by molar-refractivity contribution is 5.23. The van der Waals surface area contributed by atoms with Crippen LogP contribution in [0.25, 0.3) is 0 Å². The minimum Gasteiger partial charge on any atom is -0.372 e. The van der Waals surface area contributed by atoms with Crippen LogP contribution in [-0.4, -0.2) is 25.4 Å². The van der Waals surface area contributed by atoms with Crippen LogP contribution in [0.4, 0.5) is 13.2 Å². The highest BCUT2D eigenvalue weighted by Gasteiger charge is 2.27. The van der Waals surface area contributed by atoms with E-state index in [1.165, 1.54) is 5.56 Å². The van der Waals surface area contributed by atoms with Crippen LogP contribution < -0.4 is 5.73 Å². The van der Waals surface area contributed by atoms with E-state index in [1.54, 1.807) is 0 Å². The fourth-order valence-corrected chi connectivity index (χ4v) is 1.74. The first-order valence-corrected chi connectivity index (χ1v) is 6.38. The summed E-state index contributed by atoms with van der Waals surface area (Å²) in [6, 6.07) is 7.93. The molecular formula is C14H20F3NO. The van der Waals surface area contributed by atoms with Crippen LogP contribution in [0, 0.1) is 0 Å². The number of ether oxygens (including phenoxy) is 1. The quantitative estimate of drug-likeness (QED) is 0.776. The van der Waals surface area contributed by atoms with Crippen molar-refractivity contribution in [1.82, 2.24) is 0 Å². The average Bonchev–Trinajstić information content (AvgIpc) is 2.34. The fraction of sp³-hybridized carbons (Fsp3) is 0.571. The van der Waals surface area contributed by atoms with Gasteiger partial charge in [0.05, 0.1) is 0 Å². The lowest BCUT2D eigenvalue weighted by molar-refractivity contribution is -0.174. The Morgan fingerprint density at radius 1 is 1.16 bits per heavy atom. The van der Waals surface area contributed by atoms with E-state index in [2.05, 4.69) is 11.7 Å². The first kappa shape index (κ1) is 16.0. The molecule has 1 aromatic carbocycles. The van der Waals surface area contributed by atoms with Gasteiger partial charge in [-0.25, -0.2) is 0 Å². The van der Waals surface area contributed by atoms with Crippen molar-refractivity contribution in [3.05, 3.63) is 35.4 Å². The van der Waals surface area contributed by atoms with Crippen molar-refractivity contribution in [3.8, 4) is 0 Å². The van der Waals surface area contributed by atoms with Crippen molar-refractivity contribution in [3.63, 3.8) is 0 Å². The van der Waals surface area contributed by atoms with Gasteiger partial charge in [-0.2, -0.15) is 13.2 Å². The zero-order chi connectivity index (χ0) is 14.3. The Kier molecular flexibility index (Phi) is 6.31. The summed E-state index contributed by atoms with van der Waals surface area (Å²) in [4.78, 5) is 0. The molecule has 0 spiro atoms. The van der Waals surface area contributed by atoms with Gasteiger partial charge in [-0.1, -0.05) is 31.2 Å². The third-order valence-electron chi connectivity index (χ3n) is 2.83. The molecular weight excluding hydrogens is 255 g/mol. The second kappa shape index (κ2) is 7.50.